The first kappa shape index (κ1) is 31.0. The van der Waals surface area contributed by atoms with E-state index in [9.17, 15) is 14.4 Å². The number of ether oxygens (including phenoxy) is 3. The molecule has 6 rings (SSSR count). The largest absolute Gasteiger partial charge is 0.493 e. The summed E-state index contributed by atoms with van der Waals surface area (Å²) in [5.74, 6) is 1.07. The van der Waals surface area contributed by atoms with Crippen molar-refractivity contribution in [2.24, 2.45) is 5.92 Å². The zero-order valence-corrected chi connectivity index (χ0v) is 26.3. The second-order valence-electron chi connectivity index (χ2n) is 12.3. The van der Waals surface area contributed by atoms with Crippen molar-refractivity contribution in [3.63, 3.8) is 0 Å². The van der Waals surface area contributed by atoms with Crippen molar-refractivity contribution in [1.82, 2.24) is 20.1 Å². The lowest BCUT2D eigenvalue weighted by atomic mass is 10.00. The van der Waals surface area contributed by atoms with Gasteiger partial charge in [-0.15, -0.1) is 0 Å². The van der Waals surface area contributed by atoms with Crippen LogP contribution in [0.3, 0.4) is 0 Å². The van der Waals surface area contributed by atoms with Gasteiger partial charge in [0.1, 0.15) is 17.2 Å². The Morgan fingerprint density at radius 2 is 1.91 bits per heavy atom. The third-order valence-corrected chi connectivity index (χ3v) is 8.08. The summed E-state index contributed by atoms with van der Waals surface area (Å²) in [6.45, 7) is 5.41. The molecule has 1 aromatic heterocycles. The summed E-state index contributed by atoms with van der Waals surface area (Å²) in [6.07, 6.45) is 1.75. The molecule has 4 aromatic rings. The lowest BCUT2D eigenvalue weighted by Gasteiger charge is -2.39. The number of pyridine rings is 1. The Hall–Kier alpha value is -4.96. The van der Waals surface area contributed by atoms with Gasteiger partial charge in [-0.05, 0) is 66.4 Å². The van der Waals surface area contributed by atoms with Gasteiger partial charge in [0, 0.05) is 48.9 Å². The van der Waals surface area contributed by atoms with Crippen LogP contribution in [0.1, 0.15) is 46.5 Å². The molecule has 3 aromatic carbocycles. The minimum absolute atomic E-state index is 0.107. The fourth-order valence-electron chi connectivity index (χ4n) is 5.72. The van der Waals surface area contributed by atoms with Gasteiger partial charge in [-0.1, -0.05) is 32.0 Å². The van der Waals surface area contributed by atoms with E-state index in [-0.39, 0.29) is 36.9 Å². The number of aromatic nitrogens is 1. The highest BCUT2D eigenvalue weighted by Crippen LogP contribution is 2.30. The molecular weight excluding hydrogens is 584 g/mol. The molecule has 1 saturated heterocycles. The van der Waals surface area contributed by atoms with Crippen LogP contribution < -0.4 is 14.8 Å². The molecule has 1 fully saturated rings. The second-order valence-corrected chi connectivity index (χ2v) is 12.3. The van der Waals surface area contributed by atoms with Crippen molar-refractivity contribution in [2.75, 3.05) is 33.3 Å². The van der Waals surface area contributed by atoms with Gasteiger partial charge >= 0.3 is 0 Å². The van der Waals surface area contributed by atoms with E-state index in [1.807, 2.05) is 62.4 Å². The summed E-state index contributed by atoms with van der Waals surface area (Å²) in [5.41, 5.74) is 2.61. The molecule has 46 heavy (non-hydrogen) atoms. The standard InChI is InChI=1S/C36H38N4O6/c1-23(2)21-44-29-16-27-17-30(18-29)46-28-8-4-6-24(14-28)22-45-33-19-40(13-11-32(33)38-34(41)20-39(3)35(27)42)36(43)26-9-10-31-25(15-26)7-5-12-37-31/h4-10,12,14-18,23,32-33H,11,13,19-22H2,1-3H3,(H,38,41)/t32-,33-/m0/s1. The molecule has 10 heteroatoms. The molecule has 0 aliphatic carbocycles. The number of benzene rings is 3. The van der Waals surface area contributed by atoms with E-state index >= 15 is 0 Å². The molecule has 0 radical (unpaired) electrons. The molecule has 3 heterocycles. The van der Waals surface area contributed by atoms with E-state index in [0.29, 0.717) is 60.4 Å². The van der Waals surface area contributed by atoms with Gasteiger partial charge in [0.25, 0.3) is 11.8 Å². The Kier molecular flexibility index (Phi) is 9.16. The molecule has 10 nitrogen and oxygen atoms in total. The molecule has 0 spiro atoms. The van der Waals surface area contributed by atoms with E-state index in [1.54, 1.807) is 42.4 Å². The van der Waals surface area contributed by atoms with Crippen LogP contribution in [0.5, 0.6) is 17.2 Å². The number of fused-ring (bicyclic) bond motifs is 6. The van der Waals surface area contributed by atoms with Crippen molar-refractivity contribution in [1.29, 1.82) is 0 Å². The minimum Gasteiger partial charge on any atom is -0.493 e. The number of carbonyl (C=O) groups is 3. The Balaban J connectivity index is 1.25. The monoisotopic (exact) mass is 622 g/mol. The molecule has 2 aliphatic rings. The summed E-state index contributed by atoms with van der Waals surface area (Å²) >= 11 is 0. The number of carbonyl (C=O) groups excluding carboxylic acids is 3. The summed E-state index contributed by atoms with van der Waals surface area (Å²) < 4.78 is 18.6. The topological polar surface area (TPSA) is 110 Å². The van der Waals surface area contributed by atoms with Gasteiger partial charge in [0.15, 0.2) is 0 Å². The van der Waals surface area contributed by atoms with Gasteiger partial charge in [-0.2, -0.15) is 0 Å². The average molecular weight is 623 g/mol. The Morgan fingerprint density at radius 3 is 2.76 bits per heavy atom. The summed E-state index contributed by atoms with van der Waals surface area (Å²) in [5, 5.41) is 3.97. The smallest absolute Gasteiger partial charge is 0.254 e. The Bertz CT molecular complexity index is 1760. The number of hydrogen-bond donors (Lipinski definition) is 1. The van der Waals surface area contributed by atoms with Gasteiger partial charge in [-0.25, -0.2) is 0 Å². The van der Waals surface area contributed by atoms with Crippen molar-refractivity contribution < 1.29 is 28.6 Å². The lowest BCUT2D eigenvalue weighted by Crippen LogP contribution is -2.57. The first-order valence-electron chi connectivity index (χ1n) is 15.6. The van der Waals surface area contributed by atoms with Crippen LogP contribution in [-0.2, 0) is 16.1 Å². The zero-order chi connectivity index (χ0) is 32.2. The predicted octanol–water partition coefficient (Wildman–Crippen LogP) is 5.06. The number of likely N-dealkylation sites (N-methyl/N-ethyl adjacent to an activating group) is 1. The summed E-state index contributed by atoms with van der Waals surface area (Å²) in [7, 11) is 1.59. The number of hydrogen-bond acceptors (Lipinski definition) is 7. The highest BCUT2D eigenvalue weighted by molar-refractivity contribution is 5.98. The third kappa shape index (κ3) is 7.29. The van der Waals surface area contributed by atoms with Crippen molar-refractivity contribution in [3.05, 3.63) is 95.7 Å². The van der Waals surface area contributed by atoms with Crippen molar-refractivity contribution in [3.8, 4) is 17.2 Å². The van der Waals surface area contributed by atoms with E-state index in [4.69, 9.17) is 14.2 Å². The Morgan fingerprint density at radius 1 is 1.04 bits per heavy atom. The maximum Gasteiger partial charge on any atom is 0.254 e. The third-order valence-electron chi connectivity index (χ3n) is 8.08. The normalized spacial score (nSPS) is 19.0. The van der Waals surface area contributed by atoms with Crippen LogP contribution in [0.15, 0.2) is 79.0 Å². The molecular formula is C36H38N4O6. The van der Waals surface area contributed by atoms with E-state index in [2.05, 4.69) is 10.3 Å². The second kappa shape index (κ2) is 13.6. The fourth-order valence-corrected chi connectivity index (χ4v) is 5.72. The quantitative estimate of drug-likeness (QED) is 0.339. The maximum atomic E-state index is 13.6. The van der Waals surface area contributed by atoms with Crippen LogP contribution in [-0.4, -0.2) is 77.9 Å². The predicted molar refractivity (Wildman–Crippen MR) is 173 cm³/mol. The van der Waals surface area contributed by atoms with Crippen LogP contribution in [0, 0.1) is 5.92 Å². The highest BCUT2D eigenvalue weighted by atomic mass is 16.5. The van der Waals surface area contributed by atoms with Gasteiger partial charge in [0.2, 0.25) is 5.91 Å². The number of nitrogens with zero attached hydrogens (tertiary/aromatic N) is 3. The molecule has 3 amide bonds. The molecule has 2 aliphatic heterocycles. The SMILES string of the molecule is CC(C)COc1cc2cc(c1)C(=O)N(C)CC(=O)N[C@H]1CCN(C(=O)c3ccc4ncccc4c3)C[C@@H]1OCc1cccc(c1)O2. The van der Waals surface area contributed by atoms with Crippen LogP contribution in [0.25, 0.3) is 10.9 Å². The van der Waals surface area contributed by atoms with E-state index in [1.165, 1.54) is 4.90 Å². The summed E-state index contributed by atoms with van der Waals surface area (Å²) in [4.78, 5) is 47.9. The van der Waals surface area contributed by atoms with E-state index in [0.717, 1.165) is 16.5 Å². The van der Waals surface area contributed by atoms with Crippen molar-refractivity contribution >= 4 is 28.6 Å². The number of likely N-dealkylation sites (tertiary alicyclic amines) is 1. The molecule has 0 unspecified atom stereocenters. The minimum atomic E-state index is -0.476. The molecule has 238 valence electrons. The first-order chi connectivity index (χ1) is 22.2. The van der Waals surface area contributed by atoms with Crippen LogP contribution in [0.2, 0.25) is 0 Å². The summed E-state index contributed by atoms with van der Waals surface area (Å²) in [6, 6.07) is 21.5. The van der Waals surface area contributed by atoms with Crippen molar-refractivity contribution in [2.45, 2.75) is 39.0 Å². The van der Waals surface area contributed by atoms with Gasteiger partial charge in [0.05, 0.1) is 37.4 Å². The average Bonchev–Trinajstić information content (AvgIpc) is 3.05. The molecule has 2 atom stereocenters. The van der Waals surface area contributed by atoms with Gasteiger partial charge < -0.3 is 29.3 Å². The van der Waals surface area contributed by atoms with E-state index < -0.39 is 6.10 Å². The Labute approximate surface area is 268 Å². The number of nitrogens with one attached hydrogen (secondary N) is 1. The molecule has 1 N–H and O–H groups in total. The lowest BCUT2D eigenvalue weighted by molar-refractivity contribution is -0.124. The number of amides is 3. The molecule has 0 saturated carbocycles. The maximum absolute atomic E-state index is 13.6. The van der Waals surface area contributed by atoms with Crippen LogP contribution in [0.4, 0.5) is 0 Å². The van der Waals surface area contributed by atoms with Crippen LogP contribution >= 0.6 is 0 Å². The zero-order valence-electron chi connectivity index (χ0n) is 26.3. The number of rotatable bonds is 4. The number of piperidine rings is 1. The fraction of sp³-hybridized carbons (Fsp3) is 0.333. The molecule has 4 bridgehead atoms. The first-order valence-corrected chi connectivity index (χ1v) is 15.6. The highest BCUT2D eigenvalue weighted by Gasteiger charge is 2.34. The van der Waals surface area contributed by atoms with Gasteiger partial charge in [-0.3, -0.25) is 19.4 Å².